The van der Waals surface area contributed by atoms with E-state index in [0.29, 0.717) is 0 Å². The van der Waals surface area contributed by atoms with Crippen molar-refractivity contribution in [1.29, 1.82) is 0 Å². The van der Waals surface area contributed by atoms with E-state index in [1.807, 2.05) is 44.7 Å². The zero-order valence-corrected chi connectivity index (χ0v) is 12.9. The average molecular weight is 311 g/mol. The fraction of sp³-hybridized carbons (Fsp3) is 0.143. The predicted octanol–water partition coefficient (Wildman–Crippen LogP) is 2.64. The molecule has 110 valence electrons. The second-order valence-electron chi connectivity index (χ2n) is 4.98. The zero-order chi connectivity index (χ0) is 15.1. The monoisotopic (exact) mass is 311 g/mol. The Balaban J connectivity index is 1.79. The van der Waals surface area contributed by atoms with Gasteiger partial charge in [-0.15, -0.1) is 0 Å². The Hall–Kier alpha value is -2.74. The van der Waals surface area contributed by atoms with Crippen LogP contribution in [0.3, 0.4) is 0 Å². The summed E-state index contributed by atoms with van der Waals surface area (Å²) in [5.41, 5.74) is 3.74. The molecule has 0 aliphatic rings. The number of hydrogen-bond donors (Lipinski definition) is 1. The third-order valence-electron chi connectivity index (χ3n) is 3.30. The van der Waals surface area contributed by atoms with Crippen LogP contribution < -0.4 is 5.32 Å². The number of rotatable bonds is 3. The number of aromatic nitrogens is 6. The van der Waals surface area contributed by atoms with Gasteiger partial charge in [-0.25, -0.2) is 4.98 Å². The van der Waals surface area contributed by atoms with Crippen LogP contribution in [0.5, 0.6) is 0 Å². The van der Waals surface area contributed by atoms with E-state index in [2.05, 4.69) is 24.9 Å². The van der Waals surface area contributed by atoms with Crippen molar-refractivity contribution in [3.05, 3.63) is 42.6 Å². The average Bonchev–Trinajstić information content (AvgIpc) is 3.19. The van der Waals surface area contributed by atoms with E-state index in [-0.39, 0.29) is 0 Å². The third kappa shape index (κ3) is 2.13. The molecule has 1 N–H and O–H groups in total. The van der Waals surface area contributed by atoms with E-state index in [4.69, 9.17) is 0 Å². The Morgan fingerprint density at radius 1 is 1.23 bits per heavy atom. The van der Waals surface area contributed by atoms with Gasteiger partial charge in [0.2, 0.25) is 0 Å². The van der Waals surface area contributed by atoms with Crippen LogP contribution in [0.15, 0.2) is 36.9 Å². The van der Waals surface area contributed by atoms with Crippen molar-refractivity contribution in [2.75, 3.05) is 5.32 Å². The van der Waals surface area contributed by atoms with Gasteiger partial charge in [0, 0.05) is 30.6 Å². The molecule has 0 atom stereocenters. The highest BCUT2D eigenvalue weighted by Gasteiger charge is 2.12. The van der Waals surface area contributed by atoms with Crippen LogP contribution >= 0.6 is 11.5 Å². The van der Waals surface area contributed by atoms with Gasteiger partial charge in [0.15, 0.2) is 5.65 Å². The fourth-order valence-electron chi connectivity index (χ4n) is 2.30. The van der Waals surface area contributed by atoms with Gasteiger partial charge in [0.1, 0.15) is 10.8 Å². The molecule has 4 aromatic rings. The SMILES string of the molecule is Cc1cc(Nc2ccnc3c(-c4cnn(C)c4)cnn23)sn1. The van der Waals surface area contributed by atoms with Crippen LogP contribution in [0.1, 0.15) is 5.69 Å². The van der Waals surface area contributed by atoms with Crippen molar-refractivity contribution in [2.45, 2.75) is 6.92 Å². The van der Waals surface area contributed by atoms with Gasteiger partial charge in [-0.2, -0.15) is 19.1 Å². The van der Waals surface area contributed by atoms with E-state index in [0.717, 1.165) is 33.3 Å². The Bertz CT molecular complexity index is 949. The second kappa shape index (κ2) is 4.92. The first-order valence-electron chi connectivity index (χ1n) is 6.73. The molecule has 0 amide bonds. The molecule has 0 aromatic carbocycles. The maximum absolute atomic E-state index is 4.45. The van der Waals surface area contributed by atoms with Gasteiger partial charge >= 0.3 is 0 Å². The topological polar surface area (TPSA) is 72.9 Å². The molecule has 0 saturated carbocycles. The molecule has 0 radical (unpaired) electrons. The largest absolute Gasteiger partial charge is 0.331 e. The number of nitrogens with one attached hydrogen (secondary N) is 1. The first kappa shape index (κ1) is 13.0. The summed E-state index contributed by atoms with van der Waals surface area (Å²) in [6, 6.07) is 3.89. The van der Waals surface area contributed by atoms with E-state index in [9.17, 15) is 0 Å². The molecule has 7 nitrogen and oxygen atoms in total. The summed E-state index contributed by atoms with van der Waals surface area (Å²) < 4.78 is 7.83. The summed E-state index contributed by atoms with van der Waals surface area (Å²) >= 11 is 1.42. The molecule has 8 heteroatoms. The number of hydrogen-bond acceptors (Lipinski definition) is 6. The molecule has 0 spiro atoms. The number of fused-ring (bicyclic) bond motifs is 1. The lowest BCUT2D eigenvalue weighted by Crippen LogP contribution is -1.99. The Morgan fingerprint density at radius 3 is 2.86 bits per heavy atom. The molecule has 0 bridgehead atoms. The van der Waals surface area contributed by atoms with Crippen molar-refractivity contribution in [3.63, 3.8) is 0 Å². The summed E-state index contributed by atoms with van der Waals surface area (Å²) in [4.78, 5) is 4.45. The van der Waals surface area contributed by atoms with E-state index in [1.165, 1.54) is 11.5 Å². The van der Waals surface area contributed by atoms with Crippen LogP contribution in [-0.4, -0.2) is 28.8 Å². The minimum atomic E-state index is 0.791. The number of aryl methyl sites for hydroxylation is 2. The lowest BCUT2D eigenvalue weighted by atomic mass is 10.2. The van der Waals surface area contributed by atoms with Crippen molar-refractivity contribution in [3.8, 4) is 11.1 Å². The summed E-state index contributed by atoms with van der Waals surface area (Å²) in [5.74, 6) is 0.851. The summed E-state index contributed by atoms with van der Waals surface area (Å²) in [5, 5.41) is 13.0. The van der Waals surface area contributed by atoms with Crippen molar-refractivity contribution < 1.29 is 0 Å². The van der Waals surface area contributed by atoms with Gasteiger partial charge in [0.05, 0.1) is 18.1 Å². The molecule has 0 aliphatic heterocycles. The summed E-state index contributed by atoms with van der Waals surface area (Å²) in [7, 11) is 1.89. The van der Waals surface area contributed by atoms with Gasteiger partial charge in [-0.3, -0.25) is 4.68 Å². The van der Waals surface area contributed by atoms with Gasteiger partial charge in [-0.1, -0.05) is 0 Å². The van der Waals surface area contributed by atoms with Crippen LogP contribution in [0, 0.1) is 6.92 Å². The third-order valence-corrected chi connectivity index (χ3v) is 4.09. The molecule has 0 unspecified atom stereocenters. The molecule has 0 saturated heterocycles. The molecular weight excluding hydrogens is 298 g/mol. The van der Waals surface area contributed by atoms with Gasteiger partial charge in [0.25, 0.3) is 0 Å². The van der Waals surface area contributed by atoms with E-state index in [1.54, 1.807) is 15.4 Å². The summed E-state index contributed by atoms with van der Waals surface area (Å²) in [6.07, 6.45) is 7.34. The minimum Gasteiger partial charge on any atom is -0.331 e. The van der Waals surface area contributed by atoms with Crippen molar-refractivity contribution in [2.24, 2.45) is 7.05 Å². The molecule has 0 aliphatic carbocycles. The maximum Gasteiger partial charge on any atom is 0.165 e. The van der Waals surface area contributed by atoms with Crippen molar-refractivity contribution >= 4 is 28.0 Å². The molecule has 4 aromatic heterocycles. The maximum atomic E-state index is 4.45. The zero-order valence-electron chi connectivity index (χ0n) is 12.1. The molecule has 4 rings (SSSR count). The molecule has 22 heavy (non-hydrogen) atoms. The lowest BCUT2D eigenvalue weighted by Gasteiger charge is -2.05. The summed E-state index contributed by atoms with van der Waals surface area (Å²) in [6.45, 7) is 1.97. The molecule has 4 heterocycles. The minimum absolute atomic E-state index is 0.791. The Labute approximate surface area is 130 Å². The Kier molecular flexibility index (Phi) is 2.90. The van der Waals surface area contributed by atoms with Crippen LogP contribution in [0.25, 0.3) is 16.8 Å². The molecular formula is C14H13N7S. The first-order chi connectivity index (χ1) is 10.7. The lowest BCUT2D eigenvalue weighted by molar-refractivity contribution is 0.768. The van der Waals surface area contributed by atoms with Crippen LogP contribution in [0.2, 0.25) is 0 Å². The van der Waals surface area contributed by atoms with E-state index < -0.39 is 0 Å². The highest BCUT2D eigenvalue weighted by atomic mass is 32.1. The van der Waals surface area contributed by atoms with Crippen LogP contribution in [0.4, 0.5) is 10.8 Å². The highest BCUT2D eigenvalue weighted by Crippen LogP contribution is 2.26. The standard InChI is InChI=1S/C14H13N7S/c1-9-5-13(22-19-9)18-12-3-4-15-14-11(7-17-21(12)14)10-6-16-20(2)8-10/h3-8,18H,1-2H3. The normalized spacial score (nSPS) is 11.2. The van der Waals surface area contributed by atoms with Crippen molar-refractivity contribution in [1.82, 2.24) is 28.8 Å². The van der Waals surface area contributed by atoms with Gasteiger partial charge < -0.3 is 5.32 Å². The predicted molar refractivity (Wildman–Crippen MR) is 85.3 cm³/mol. The van der Waals surface area contributed by atoms with Crippen LogP contribution in [-0.2, 0) is 7.05 Å². The smallest absolute Gasteiger partial charge is 0.165 e. The highest BCUT2D eigenvalue weighted by molar-refractivity contribution is 7.10. The van der Waals surface area contributed by atoms with Gasteiger partial charge in [-0.05, 0) is 30.6 Å². The second-order valence-corrected chi connectivity index (χ2v) is 5.79. The fourth-order valence-corrected chi connectivity index (χ4v) is 2.97. The molecule has 0 fully saturated rings. The quantitative estimate of drug-likeness (QED) is 0.629. The Morgan fingerprint density at radius 2 is 2.14 bits per heavy atom. The first-order valence-corrected chi connectivity index (χ1v) is 7.50. The van der Waals surface area contributed by atoms with E-state index >= 15 is 0 Å². The number of nitrogens with zero attached hydrogens (tertiary/aromatic N) is 6. The number of anilines is 2.